The van der Waals surface area contributed by atoms with Gasteiger partial charge in [0, 0.05) is 30.0 Å². The number of carbonyl (C=O) groups is 4. The quantitative estimate of drug-likeness (QED) is 0.162. The summed E-state index contributed by atoms with van der Waals surface area (Å²) < 4.78 is 20.6. The molecule has 2 amide bonds. The third-order valence-electron chi connectivity index (χ3n) is 12.5. The van der Waals surface area contributed by atoms with Crippen molar-refractivity contribution in [1.82, 2.24) is 4.90 Å². The van der Waals surface area contributed by atoms with Crippen LogP contribution < -0.4 is 20.9 Å². The molecule has 3 aromatic rings. The summed E-state index contributed by atoms with van der Waals surface area (Å²) in [5.41, 5.74) is 10.6. The number of rotatable bonds is 11. The van der Waals surface area contributed by atoms with Crippen molar-refractivity contribution in [3.8, 4) is 17.2 Å². The van der Waals surface area contributed by atoms with Crippen LogP contribution in [0.2, 0.25) is 0 Å². The standard InChI is InChI=1S/C20H23NO4.C14H14O3.C9H18N2O4/c22-13-4-3-12-9-15-20(24)6-5-14(23)18-19(20,16(12)17(13)25-18)7-8-21(15)10-11-1-2-11;1-9(14(15)16)10-3-4-12-8-13(17-2)6-5-11(12)7-10;1-3-4-9(2,5-14-7(10)12)6-15-8(11)13/h3-4,11,15,18,22,24H,1-2,5-10H2;3-9H,1-2H3,(H,15,16);3-6H2,1-2H3,(H2,10,12)(H2,11,13)/t15-,18+,19+,20-;9-;/m10./s1. The Morgan fingerprint density at radius 1 is 1.02 bits per heavy atom. The average molecular weight is 790 g/mol. The van der Waals surface area contributed by atoms with E-state index in [9.17, 15) is 29.4 Å². The van der Waals surface area contributed by atoms with Crippen LogP contribution in [0.1, 0.15) is 88.3 Å². The first-order valence-electron chi connectivity index (χ1n) is 19.7. The minimum atomic E-state index is -0.940. The van der Waals surface area contributed by atoms with Crippen molar-refractivity contribution in [2.24, 2.45) is 22.8 Å². The van der Waals surface area contributed by atoms with E-state index in [1.165, 1.54) is 12.8 Å². The number of amides is 2. The van der Waals surface area contributed by atoms with E-state index < -0.39 is 46.6 Å². The molecule has 5 atom stereocenters. The molecule has 2 heterocycles. The number of primary amides is 2. The van der Waals surface area contributed by atoms with Crippen molar-refractivity contribution < 1.29 is 53.4 Å². The van der Waals surface area contributed by atoms with E-state index in [-0.39, 0.29) is 30.8 Å². The van der Waals surface area contributed by atoms with E-state index in [4.69, 9.17) is 35.5 Å². The summed E-state index contributed by atoms with van der Waals surface area (Å²) in [5.74, 6) is 0.899. The number of fused-ring (bicyclic) bond motifs is 1. The third-order valence-corrected chi connectivity index (χ3v) is 12.5. The number of piperidine rings is 1. The maximum Gasteiger partial charge on any atom is 0.404 e. The monoisotopic (exact) mass is 789 g/mol. The number of phenols is 1. The Balaban J connectivity index is 0.000000152. The summed E-state index contributed by atoms with van der Waals surface area (Å²) >= 11 is 0. The topological polar surface area (TPSA) is 221 Å². The number of nitrogens with zero attached hydrogens (tertiary/aromatic N) is 1. The summed E-state index contributed by atoms with van der Waals surface area (Å²) in [4.78, 5) is 47.0. The molecular formula is C43H55N3O11. The second-order valence-corrected chi connectivity index (χ2v) is 16.5. The minimum Gasteiger partial charge on any atom is -0.504 e. The van der Waals surface area contributed by atoms with E-state index in [1.807, 2.05) is 56.3 Å². The van der Waals surface area contributed by atoms with E-state index in [2.05, 4.69) is 4.90 Å². The summed E-state index contributed by atoms with van der Waals surface area (Å²) in [6, 6.07) is 15.1. The zero-order valence-corrected chi connectivity index (χ0v) is 33.1. The number of phenolic OH excluding ortho intramolecular Hbond substituents is 1. The molecule has 14 heteroatoms. The predicted molar refractivity (Wildman–Crippen MR) is 210 cm³/mol. The van der Waals surface area contributed by atoms with Crippen LogP contribution in [0.25, 0.3) is 10.8 Å². The lowest BCUT2D eigenvalue weighted by Crippen LogP contribution is -2.76. The molecule has 14 nitrogen and oxygen atoms in total. The van der Waals surface area contributed by atoms with Gasteiger partial charge in [0.2, 0.25) is 0 Å². The Morgan fingerprint density at radius 2 is 1.68 bits per heavy atom. The van der Waals surface area contributed by atoms with Crippen molar-refractivity contribution in [2.45, 2.75) is 101 Å². The minimum absolute atomic E-state index is 0.0454. The molecule has 308 valence electrons. The number of aliphatic carboxylic acids is 1. The first-order chi connectivity index (χ1) is 27.1. The molecule has 2 aliphatic heterocycles. The fourth-order valence-electron chi connectivity index (χ4n) is 9.33. The number of aromatic hydroxyl groups is 1. The van der Waals surface area contributed by atoms with Gasteiger partial charge in [-0.15, -0.1) is 0 Å². The Kier molecular flexibility index (Phi) is 12.0. The van der Waals surface area contributed by atoms with Crippen LogP contribution in [0, 0.1) is 11.3 Å². The van der Waals surface area contributed by atoms with Gasteiger partial charge in [-0.2, -0.15) is 0 Å². The molecule has 3 fully saturated rings. The molecule has 2 saturated carbocycles. The van der Waals surface area contributed by atoms with Crippen LogP contribution in [0.5, 0.6) is 17.2 Å². The molecule has 0 radical (unpaired) electrons. The Labute approximate surface area is 332 Å². The molecule has 0 aromatic heterocycles. The molecule has 0 unspecified atom stereocenters. The third kappa shape index (κ3) is 8.20. The van der Waals surface area contributed by atoms with E-state index >= 15 is 0 Å². The molecule has 3 aliphatic carbocycles. The average Bonchev–Trinajstić information content (AvgIpc) is 3.93. The van der Waals surface area contributed by atoms with Crippen molar-refractivity contribution in [3.63, 3.8) is 0 Å². The van der Waals surface area contributed by atoms with Gasteiger partial charge in [-0.3, -0.25) is 14.5 Å². The second-order valence-electron chi connectivity index (χ2n) is 16.5. The predicted octanol–water partition coefficient (Wildman–Crippen LogP) is 5.55. The Hall–Kier alpha value is -5.08. The number of methoxy groups -OCH3 is 1. The Morgan fingerprint density at radius 3 is 2.30 bits per heavy atom. The molecule has 3 aromatic carbocycles. The van der Waals surface area contributed by atoms with Crippen molar-refractivity contribution in [1.29, 1.82) is 0 Å². The zero-order valence-electron chi connectivity index (χ0n) is 33.1. The number of ether oxygens (including phenoxy) is 4. The van der Waals surface area contributed by atoms with Gasteiger partial charge < -0.3 is 45.7 Å². The summed E-state index contributed by atoms with van der Waals surface area (Å²) in [6.07, 6.45) is 4.27. The summed E-state index contributed by atoms with van der Waals surface area (Å²) in [5, 5.41) is 33.3. The van der Waals surface area contributed by atoms with Crippen LogP contribution in [0.15, 0.2) is 48.5 Å². The van der Waals surface area contributed by atoms with E-state index in [0.717, 1.165) is 77.9 Å². The number of carboxylic acid groups (broad SMARTS) is 1. The molecule has 7 N–H and O–H groups in total. The number of benzene rings is 3. The van der Waals surface area contributed by atoms with Gasteiger partial charge in [0.05, 0.1) is 24.0 Å². The number of carbonyl (C=O) groups excluding carboxylic acids is 3. The molecule has 2 bridgehead atoms. The van der Waals surface area contributed by atoms with Crippen molar-refractivity contribution >= 4 is 34.7 Å². The van der Waals surface area contributed by atoms with Gasteiger partial charge >= 0.3 is 18.2 Å². The number of aliphatic hydroxyl groups is 1. The number of nitrogens with two attached hydrogens (primary N) is 2. The molecular weight excluding hydrogens is 734 g/mol. The van der Waals surface area contributed by atoms with E-state index in [0.29, 0.717) is 18.6 Å². The highest BCUT2D eigenvalue weighted by Gasteiger charge is 2.73. The SMILES string of the molecule is CCCC(C)(COC(N)=O)COC(N)=O.COc1ccc2cc([C@H](C)C(=O)O)ccc2c1.O=C1CC[C@@]2(O)[C@H]3Cc4ccc(O)c5c4[C@@]2(CCN3CC2CC2)[C@H]1O5. The fraction of sp³-hybridized carbons (Fsp3) is 0.535. The molecule has 1 spiro atoms. The van der Waals surface area contributed by atoms with Gasteiger partial charge in [-0.1, -0.05) is 50.6 Å². The van der Waals surface area contributed by atoms with Gasteiger partial charge in [0.15, 0.2) is 23.4 Å². The van der Waals surface area contributed by atoms with Gasteiger partial charge in [0.25, 0.3) is 0 Å². The van der Waals surface area contributed by atoms with E-state index in [1.54, 1.807) is 20.1 Å². The lowest BCUT2D eigenvalue weighted by molar-refractivity contribution is -0.188. The maximum absolute atomic E-state index is 12.7. The van der Waals surface area contributed by atoms with Gasteiger partial charge in [-0.25, -0.2) is 9.59 Å². The number of carboxylic acids is 1. The highest BCUT2D eigenvalue weighted by atomic mass is 16.6. The zero-order chi connectivity index (χ0) is 41.3. The highest BCUT2D eigenvalue weighted by molar-refractivity contribution is 5.90. The largest absolute Gasteiger partial charge is 0.504 e. The maximum atomic E-state index is 12.7. The normalized spacial score (nSPS) is 24.7. The fourth-order valence-corrected chi connectivity index (χ4v) is 9.33. The smallest absolute Gasteiger partial charge is 0.404 e. The number of likely N-dealkylation sites (tertiary alicyclic amines) is 1. The molecule has 1 saturated heterocycles. The van der Waals surface area contributed by atoms with Crippen molar-refractivity contribution in [3.05, 3.63) is 65.2 Å². The first kappa shape index (κ1) is 41.6. The second kappa shape index (κ2) is 16.4. The number of Topliss-reactive ketones (excluding diaryl/α,β-unsaturated/α-hetero) is 1. The highest BCUT2D eigenvalue weighted by Crippen LogP contribution is 2.65. The Bertz CT molecular complexity index is 2000. The van der Waals surface area contributed by atoms with Gasteiger partial charge in [0.1, 0.15) is 19.0 Å². The lowest BCUT2D eigenvalue weighted by atomic mass is 9.49. The van der Waals surface area contributed by atoms with Crippen LogP contribution in [0.4, 0.5) is 9.59 Å². The molecule has 8 rings (SSSR count). The summed E-state index contributed by atoms with van der Waals surface area (Å²) in [6.45, 7) is 7.68. The van der Waals surface area contributed by atoms with Gasteiger partial charge in [-0.05, 0) is 98.0 Å². The van der Waals surface area contributed by atoms with Crippen LogP contribution in [-0.4, -0.2) is 95.3 Å². The number of hydrogen-bond donors (Lipinski definition) is 5. The molecule has 5 aliphatic rings. The first-order valence-corrected chi connectivity index (χ1v) is 19.7. The van der Waals surface area contributed by atoms with Crippen LogP contribution in [-0.2, 0) is 30.9 Å². The lowest BCUT2D eigenvalue weighted by Gasteiger charge is -2.62. The molecule has 57 heavy (non-hydrogen) atoms. The number of ketones is 1. The van der Waals surface area contributed by atoms with Crippen LogP contribution in [0.3, 0.4) is 0 Å². The summed E-state index contributed by atoms with van der Waals surface area (Å²) in [7, 11) is 1.63. The van der Waals surface area contributed by atoms with Crippen LogP contribution >= 0.6 is 0 Å². The van der Waals surface area contributed by atoms with Crippen molar-refractivity contribution in [2.75, 3.05) is 33.4 Å². The number of hydrogen-bond acceptors (Lipinski definition) is 11.